The zero-order chi connectivity index (χ0) is 28.5. The smallest absolute Gasteiger partial charge is 0.382 e. The van der Waals surface area contributed by atoms with Gasteiger partial charge in [-0.05, 0) is 41.3 Å². The fourth-order valence-corrected chi connectivity index (χ4v) is 3.74. The first-order valence-corrected chi connectivity index (χ1v) is 11.7. The lowest BCUT2D eigenvalue weighted by atomic mass is 9.96. The highest BCUT2D eigenvalue weighted by Gasteiger charge is 2.31. The molecule has 4 rings (SSSR count). The van der Waals surface area contributed by atoms with Crippen LogP contribution in [0.3, 0.4) is 0 Å². The number of urea groups is 1. The molecule has 0 saturated heterocycles. The van der Waals surface area contributed by atoms with E-state index >= 15 is 0 Å². The standard InChI is InChI=1S/C26H25F4N7O2/c1-25(2,3)12-32-23(38)17-11-37-21(22(31)33-13-34-37)20(17)14-4-7-16(8-5-14)35-24(39)36-19-10-15(26(28,29)30)6-9-18(19)27/h4-11,13H,12H2,1-3H3,(H,32,38)(H2,31,33,34)(H2,35,36,39). The summed E-state index contributed by atoms with van der Waals surface area (Å²) in [4.78, 5) is 29.5. The molecular weight excluding hydrogens is 518 g/mol. The van der Waals surface area contributed by atoms with Crippen LogP contribution in [0.4, 0.5) is 39.5 Å². The van der Waals surface area contributed by atoms with Crippen molar-refractivity contribution in [1.82, 2.24) is 19.9 Å². The van der Waals surface area contributed by atoms with Crippen molar-refractivity contribution in [3.05, 3.63) is 71.9 Å². The Morgan fingerprint density at radius 1 is 1.03 bits per heavy atom. The summed E-state index contributed by atoms with van der Waals surface area (Å²) in [5.74, 6) is -1.21. The van der Waals surface area contributed by atoms with Crippen LogP contribution in [0.5, 0.6) is 0 Å². The molecule has 13 heteroatoms. The number of halogens is 4. The first-order chi connectivity index (χ1) is 18.2. The van der Waals surface area contributed by atoms with E-state index in [0.717, 1.165) is 0 Å². The van der Waals surface area contributed by atoms with E-state index in [0.29, 0.717) is 47.0 Å². The molecule has 3 amide bonds. The van der Waals surface area contributed by atoms with Crippen LogP contribution in [-0.4, -0.2) is 33.1 Å². The number of nitrogens with two attached hydrogens (primary N) is 1. The molecule has 0 atom stereocenters. The fraction of sp³-hybridized carbons (Fsp3) is 0.231. The second-order valence-electron chi connectivity index (χ2n) is 9.95. The van der Waals surface area contributed by atoms with Gasteiger partial charge in [0.1, 0.15) is 17.7 Å². The van der Waals surface area contributed by atoms with Crippen molar-refractivity contribution in [2.24, 2.45) is 5.41 Å². The summed E-state index contributed by atoms with van der Waals surface area (Å²) in [5, 5.41) is 11.6. The Hall–Kier alpha value is -4.68. The van der Waals surface area contributed by atoms with Crippen molar-refractivity contribution in [2.75, 3.05) is 22.9 Å². The van der Waals surface area contributed by atoms with E-state index in [1.807, 2.05) is 20.8 Å². The molecule has 0 aliphatic rings. The highest BCUT2D eigenvalue weighted by atomic mass is 19.4. The third-order valence-electron chi connectivity index (χ3n) is 5.60. The maximum atomic E-state index is 14.0. The molecule has 9 nitrogen and oxygen atoms in total. The van der Waals surface area contributed by atoms with E-state index in [1.54, 1.807) is 18.3 Å². The SMILES string of the molecule is CC(C)(C)CNC(=O)c1cn2ncnc(N)c2c1-c1ccc(NC(=O)Nc2cc(C(F)(F)F)ccc2F)cc1. The minimum absolute atomic E-state index is 0.152. The predicted molar refractivity (Wildman–Crippen MR) is 139 cm³/mol. The molecule has 2 aromatic heterocycles. The molecule has 0 aliphatic heterocycles. The van der Waals surface area contributed by atoms with Crippen molar-refractivity contribution in [2.45, 2.75) is 26.9 Å². The molecular formula is C26H25F4N7O2. The lowest BCUT2D eigenvalue weighted by Gasteiger charge is -2.18. The summed E-state index contributed by atoms with van der Waals surface area (Å²) in [7, 11) is 0. The van der Waals surface area contributed by atoms with Crippen LogP contribution in [0, 0.1) is 11.2 Å². The first kappa shape index (κ1) is 27.4. The zero-order valence-electron chi connectivity index (χ0n) is 21.2. The highest BCUT2D eigenvalue weighted by molar-refractivity contribution is 6.07. The third-order valence-corrected chi connectivity index (χ3v) is 5.60. The van der Waals surface area contributed by atoms with Gasteiger partial charge in [-0.2, -0.15) is 18.3 Å². The van der Waals surface area contributed by atoms with Crippen LogP contribution in [0.2, 0.25) is 0 Å². The van der Waals surface area contributed by atoms with Gasteiger partial charge in [-0.3, -0.25) is 4.79 Å². The van der Waals surface area contributed by atoms with Gasteiger partial charge in [-0.1, -0.05) is 32.9 Å². The molecule has 2 heterocycles. The molecule has 0 bridgehead atoms. The van der Waals surface area contributed by atoms with Crippen LogP contribution in [0.1, 0.15) is 36.7 Å². The van der Waals surface area contributed by atoms with Crippen LogP contribution in [0.25, 0.3) is 16.6 Å². The van der Waals surface area contributed by atoms with E-state index in [9.17, 15) is 27.2 Å². The number of aromatic nitrogens is 3. The number of hydrogen-bond acceptors (Lipinski definition) is 5. The van der Waals surface area contributed by atoms with Gasteiger partial charge in [-0.15, -0.1) is 0 Å². The van der Waals surface area contributed by atoms with Gasteiger partial charge >= 0.3 is 12.2 Å². The Balaban J connectivity index is 1.59. The van der Waals surface area contributed by atoms with Crippen molar-refractivity contribution >= 4 is 34.6 Å². The number of nitrogen functional groups attached to an aromatic ring is 1. The van der Waals surface area contributed by atoms with E-state index in [2.05, 4.69) is 26.0 Å². The maximum absolute atomic E-state index is 14.0. The zero-order valence-corrected chi connectivity index (χ0v) is 21.2. The molecule has 0 aliphatic carbocycles. The minimum Gasteiger partial charge on any atom is -0.382 e. The second kappa shape index (κ2) is 10.2. The van der Waals surface area contributed by atoms with Gasteiger partial charge in [0.05, 0.1) is 16.8 Å². The lowest BCUT2D eigenvalue weighted by Crippen LogP contribution is -2.32. The summed E-state index contributed by atoms with van der Waals surface area (Å²) in [6.45, 7) is 6.37. The topological polar surface area (TPSA) is 126 Å². The summed E-state index contributed by atoms with van der Waals surface area (Å²) >= 11 is 0. The number of nitrogens with zero attached hydrogens (tertiary/aromatic N) is 3. The van der Waals surface area contributed by atoms with Gasteiger partial charge in [0.2, 0.25) is 0 Å². The molecule has 0 unspecified atom stereocenters. The van der Waals surface area contributed by atoms with E-state index < -0.39 is 29.3 Å². The Kier molecular flexibility index (Phi) is 7.18. The van der Waals surface area contributed by atoms with Gasteiger partial charge < -0.3 is 21.7 Å². The summed E-state index contributed by atoms with van der Waals surface area (Å²) in [6, 6.07) is 7.02. The molecule has 5 N–H and O–H groups in total. The number of alkyl halides is 3. The Morgan fingerprint density at radius 3 is 2.36 bits per heavy atom. The molecule has 2 aromatic carbocycles. The number of amides is 3. The van der Waals surface area contributed by atoms with E-state index in [1.165, 1.54) is 23.0 Å². The second-order valence-corrected chi connectivity index (χ2v) is 9.95. The minimum atomic E-state index is -4.70. The van der Waals surface area contributed by atoms with Crippen LogP contribution in [0.15, 0.2) is 55.0 Å². The number of carbonyl (C=O) groups excluding carboxylic acids is 2. The predicted octanol–water partition coefficient (Wildman–Crippen LogP) is 5.56. The van der Waals surface area contributed by atoms with Crippen molar-refractivity contribution in [3.8, 4) is 11.1 Å². The largest absolute Gasteiger partial charge is 0.416 e. The molecule has 0 saturated carbocycles. The number of carbonyl (C=O) groups is 2. The summed E-state index contributed by atoms with van der Waals surface area (Å²) in [6.07, 6.45) is -1.89. The number of nitrogens with one attached hydrogen (secondary N) is 3. The van der Waals surface area contributed by atoms with Crippen LogP contribution >= 0.6 is 0 Å². The Bertz CT molecular complexity index is 1540. The van der Waals surface area contributed by atoms with Crippen molar-refractivity contribution in [3.63, 3.8) is 0 Å². The Morgan fingerprint density at radius 2 is 1.72 bits per heavy atom. The number of hydrogen-bond donors (Lipinski definition) is 4. The highest BCUT2D eigenvalue weighted by Crippen LogP contribution is 2.34. The summed E-state index contributed by atoms with van der Waals surface area (Å²) in [5.41, 5.74) is 6.24. The van der Waals surface area contributed by atoms with Crippen molar-refractivity contribution in [1.29, 1.82) is 0 Å². The van der Waals surface area contributed by atoms with Crippen LogP contribution in [-0.2, 0) is 6.18 Å². The van der Waals surface area contributed by atoms with Gasteiger partial charge in [-0.25, -0.2) is 18.7 Å². The molecule has 204 valence electrons. The molecule has 0 spiro atoms. The molecule has 0 radical (unpaired) electrons. The monoisotopic (exact) mass is 543 g/mol. The van der Waals surface area contributed by atoms with Crippen molar-refractivity contribution < 1.29 is 27.2 Å². The van der Waals surface area contributed by atoms with Gasteiger partial charge in [0.15, 0.2) is 5.82 Å². The summed E-state index contributed by atoms with van der Waals surface area (Å²) < 4.78 is 54.3. The lowest BCUT2D eigenvalue weighted by molar-refractivity contribution is -0.137. The molecule has 4 aromatic rings. The number of benzene rings is 2. The number of fused-ring (bicyclic) bond motifs is 1. The van der Waals surface area contributed by atoms with E-state index in [-0.39, 0.29) is 22.8 Å². The number of anilines is 3. The number of rotatable bonds is 5. The quantitative estimate of drug-likeness (QED) is 0.245. The van der Waals surface area contributed by atoms with Gasteiger partial charge in [0, 0.05) is 24.0 Å². The van der Waals surface area contributed by atoms with E-state index in [4.69, 9.17) is 5.73 Å². The van der Waals surface area contributed by atoms with Gasteiger partial charge in [0.25, 0.3) is 5.91 Å². The first-order valence-electron chi connectivity index (χ1n) is 11.7. The van der Waals surface area contributed by atoms with Crippen LogP contribution < -0.4 is 21.7 Å². The third kappa shape index (κ3) is 6.25. The Labute approximate surface area is 220 Å². The maximum Gasteiger partial charge on any atom is 0.416 e. The molecule has 0 fully saturated rings. The normalized spacial score (nSPS) is 11.9. The average Bonchev–Trinajstić information content (AvgIpc) is 3.24. The average molecular weight is 544 g/mol. The molecule has 39 heavy (non-hydrogen) atoms. The fourth-order valence-electron chi connectivity index (χ4n) is 3.74.